The molecule has 1 fully saturated rings. The van der Waals surface area contributed by atoms with Crippen molar-refractivity contribution in [1.82, 2.24) is 0 Å². The maximum Gasteiger partial charge on any atom is 0.0161 e. The van der Waals surface area contributed by atoms with Crippen LogP contribution in [0.15, 0.2) is 60.7 Å². The molecule has 0 radical (unpaired) electrons. The minimum Gasteiger partial charge on any atom is -0.0838 e. The fourth-order valence-electron chi connectivity index (χ4n) is 3.05. The molecule has 0 spiro atoms. The molecule has 0 nitrogen and oxygen atoms in total. The second-order valence-electron chi connectivity index (χ2n) is 6.29. The molecule has 0 bridgehead atoms. The highest BCUT2D eigenvalue weighted by atomic mass is 31.1. The molecule has 0 aromatic heterocycles. The molecular weight excluding hydrogens is 247 g/mol. The van der Waals surface area contributed by atoms with Gasteiger partial charge in [-0.15, -0.1) is 0 Å². The topological polar surface area (TPSA) is 0 Å². The van der Waals surface area contributed by atoms with Crippen LogP contribution in [0.25, 0.3) is 0 Å². The van der Waals surface area contributed by atoms with Gasteiger partial charge in [0.2, 0.25) is 0 Å². The van der Waals surface area contributed by atoms with Gasteiger partial charge in [-0.2, -0.15) is 0 Å². The summed E-state index contributed by atoms with van der Waals surface area (Å²) in [6, 6.07) is 22.1. The molecule has 1 aliphatic heterocycles. The van der Waals surface area contributed by atoms with E-state index in [1.54, 1.807) is 0 Å². The first-order valence-corrected chi connectivity index (χ1v) is 8.45. The van der Waals surface area contributed by atoms with Gasteiger partial charge < -0.3 is 0 Å². The van der Waals surface area contributed by atoms with Crippen LogP contribution >= 0.6 is 7.92 Å². The average Bonchev–Trinajstić information content (AvgIpc) is 3.16. The Morgan fingerprint density at radius 3 is 1.37 bits per heavy atom. The minimum absolute atomic E-state index is 0.0291. The lowest BCUT2D eigenvalue weighted by molar-refractivity contribution is 0.791. The number of hydrogen-bond donors (Lipinski definition) is 0. The van der Waals surface area contributed by atoms with Gasteiger partial charge in [0.15, 0.2) is 0 Å². The quantitative estimate of drug-likeness (QED) is 0.607. The molecule has 2 aromatic rings. The van der Waals surface area contributed by atoms with Crippen molar-refractivity contribution in [3.63, 3.8) is 0 Å². The molecule has 0 N–H and O–H groups in total. The Bertz CT molecular complexity index is 493. The normalized spacial score (nSPS) is 26.2. The predicted molar refractivity (Wildman–Crippen MR) is 85.0 cm³/mol. The van der Waals surface area contributed by atoms with Crippen LogP contribution in [0, 0.1) is 0 Å². The lowest BCUT2D eigenvalue weighted by atomic mass is 10.0. The van der Waals surface area contributed by atoms with E-state index in [-0.39, 0.29) is 7.92 Å². The Balaban J connectivity index is 1.95. The number of benzene rings is 2. The third kappa shape index (κ3) is 2.47. The third-order valence-corrected chi connectivity index (χ3v) is 7.46. The van der Waals surface area contributed by atoms with Crippen LogP contribution in [0.3, 0.4) is 0 Å². The van der Waals surface area contributed by atoms with E-state index in [9.17, 15) is 0 Å². The van der Waals surface area contributed by atoms with Crippen LogP contribution in [0.2, 0.25) is 0 Å². The van der Waals surface area contributed by atoms with Crippen molar-refractivity contribution in [2.24, 2.45) is 0 Å². The first-order valence-electron chi connectivity index (χ1n) is 6.97. The summed E-state index contributed by atoms with van der Waals surface area (Å²) < 4.78 is 0. The van der Waals surface area contributed by atoms with Crippen LogP contribution in [0.4, 0.5) is 0 Å². The molecule has 0 aliphatic carbocycles. The Labute approximate surface area is 117 Å². The standard InChI is InChI=1S/C18H21P/c1-18(2,3)19-16(14-10-6-4-7-11-14)17(19)15-12-8-5-9-13-15/h4-13,16-17H,1-3H3. The maximum atomic E-state index is 2.40. The monoisotopic (exact) mass is 268 g/mol. The van der Waals surface area contributed by atoms with E-state index >= 15 is 0 Å². The lowest BCUT2D eigenvalue weighted by Gasteiger charge is -2.19. The highest BCUT2D eigenvalue weighted by Crippen LogP contribution is 2.89. The van der Waals surface area contributed by atoms with Crippen molar-refractivity contribution >= 4 is 7.92 Å². The summed E-state index contributed by atoms with van der Waals surface area (Å²) >= 11 is 0. The first-order chi connectivity index (χ1) is 9.09. The average molecular weight is 268 g/mol. The van der Waals surface area contributed by atoms with Crippen molar-refractivity contribution in [2.75, 3.05) is 0 Å². The summed E-state index contributed by atoms with van der Waals surface area (Å²) in [5, 5.41) is 0.427. The highest BCUT2D eigenvalue weighted by Gasteiger charge is 2.56. The summed E-state index contributed by atoms with van der Waals surface area (Å²) in [5.74, 6) is 0. The summed E-state index contributed by atoms with van der Waals surface area (Å²) in [7, 11) is 0.0291. The Morgan fingerprint density at radius 2 is 1.05 bits per heavy atom. The number of rotatable bonds is 2. The van der Waals surface area contributed by atoms with Crippen molar-refractivity contribution in [3.05, 3.63) is 71.8 Å². The van der Waals surface area contributed by atoms with Crippen molar-refractivity contribution in [2.45, 2.75) is 37.2 Å². The second-order valence-corrected chi connectivity index (χ2v) is 9.56. The fraction of sp³-hybridized carbons (Fsp3) is 0.333. The molecule has 0 saturated carbocycles. The van der Waals surface area contributed by atoms with Gasteiger partial charge in [0.05, 0.1) is 0 Å². The Kier molecular flexibility index (Phi) is 3.23. The van der Waals surface area contributed by atoms with Gasteiger partial charge in [0.1, 0.15) is 0 Å². The summed E-state index contributed by atoms with van der Waals surface area (Å²) in [5.41, 5.74) is 4.55. The van der Waals surface area contributed by atoms with E-state index in [0.717, 1.165) is 11.3 Å². The zero-order chi connectivity index (χ0) is 13.5. The van der Waals surface area contributed by atoms with E-state index < -0.39 is 0 Å². The SMILES string of the molecule is CC(C)(C)P1C(c2ccccc2)C1c1ccccc1. The molecule has 2 aromatic carbocycles. The van der Waals surface area contributed by atoms with Crippen molar-refractivity contribution in [1.29, 1.82) is 0 Å². The summed E-state index contributed by atoms with van der Waals surface area (Å²) in [6.45, 7) is 7.20. The van der Waals surface area contributed by atoms with Gasteiger partial charge >= 0.3 is 0 Å². The molecule has 1 heterocycles. The molecule has 2 atom stereocenters. The Morgan fingerprint density at radius 1 is 0.684 bits per heavy atom. The number of hydrogen-bond acceptors (Lipinski definition) is 0. The van der Waals surface area contributed by atoms with Crippen LogP contribution in [0.1, 0.15) is 43.2 Å². The van der Waals surface area contributed by atoms with Gasteiger partial charge in [-0.05, 0) is 16.3 Å². The van der Waals surface area contributed by atoms with Gasteiger partial charge in [-0.1, -0.05) is 89.4 Å². The molecule has 3 rings (SSSR count). The zero-order valence-electron chi connectivity index (χ0n) is 11.9. The molecule has 98 valence electrons. The van der Waals surface area contributed by atoms with Crippen LogP contribution in [-0.4, -0.2) is 5.16 Å². The van der Waals surface area contributed by atoms with Crippen LogP contribution < -0.4 is 0 Å². The molecule has 1 aliphatic rings. The maximum absolute atomic E-state index is 2.40. The molecule has 1 heteroatoms. The molecule has 1 saturated heterocycles. The first kappa shape index (κ1) is 12.9. The van der Waals surface area contributed by atoms with Crippen molar-refractivity contribution < 1.29 is 0 Å². The highest BCUT2D eigenvalue weighted by molar-refractivity contribution is 7.67. The van der Waals surface area contributed by atoms with E-state index in [4.69, 9.17) is 0 Å². The fourth-order valence-corrected chi connectivity index (χ4v) is 6.71. The van der Waals surface area contributed by atoms with E-state index in [2.05, 4.69) is 81.4 Å². The van der Waals surface area contributed by atoms with Crippen molar-refractivity contribution in [3.8, 4) is 0 Å². The minimum atomic E-state index is 0.0291. The molecule has 2 unspecified atom stereocenters. The van der Waals surface area contributed by atoms with Gasteiger partial charge in [0, 0.05) is 11.3 Å². The summed E-state index contributed by atoms with van der Waals surface area (Å²) in [4.78, 5) is 0. The van der Waals surface area contributed by atoms with E-state index in [1.165, 1.54) is 11.1 Å². The predicted octanol–water partition coefficient (Wildman–Crippen LogP) is 5.76. The largest absolute Gasteiger partial charge is 0.0838 e. The van der Waals surface area contributed by atoms with Gasteiger partial charge in [-0.25, -0.2) is 0 Å². The summed E-state index contributed by atoms with van der Waals surface area (Å²) in [6.07, 6.45) is 0. The van der Waals surface area contributed by atoms with E-state index in [1.807, 2.05) is 0 Å². The zero-order valence-corrected chi connectivity index (χ0v) is 12.8. The van der Waals surface area contributed by atoms with Gasteiger partial charge in [0.25, 0.3) is 0 Å². The Hall–Kier alpha value is -1.13. The molecule has 0 amide bonds. The third-order valence-electron chi connectivity index (χ3n) is 3.87. The smallest absolute Gasteiger partial charge is 0.0161 e. The van der Waals surface area contributed by atoms with Crippen LogP contribution in [0.5, 0.6) is 0 Å². The van der Waals surface area contributed by atoms with E-state index in [0.29, 0.717) is 5.16 Å². The molecule has 19 heavy (non-hydrogen) atoms. The van der Waals surface area contributed by atoms with Gasteiger partial charge in [-0.3, -0.25) is 0 Å². The second kappa shape index (κ2) is 4.76. The molecular formula is C18H21P. The van der Waals surface area contributed by atoms with Crippen LogP contribution in [-0.2, 0) is 0 Å². The lowest BCUT2D eigenvalue weighted by Crippen LogP contribution is -2.05.